The van der Waals surface area contributed by atoms with Gasteiger partial charge in [0.05, 0.1) is 29.1 Å². The Hall–Kier alpha value is -4.59. The van der Waals surface area contributed by atoms with Gasteiger partial charge in [0.25, 0.3) is 5.56 Å². The Morgan fingerprint density at radius 3 is 2.27 bits per heavy atom. The Morgan fingerprint density at radius 1 is 1.05 bits per heavy atom. The zero-order chi connectivity index (χ0) is 26.7. The first-order chi connectivity index (χ1) is 17.6. The molecule has 1 aliphatic rings. The molecule has 0 aliphatic carbocycles. The molecular formula is C26H29N7O4. The third kappa shape index (κ3) is 5.81. The predicted molar refractivity (Wildman–Crippen MR) is 137 cm³/mol. The highest BCUT2D eigenvalue weighted by atomic mass is 16.6. The van der Waals surface area contributed by atoms with Gasteiger partial charge in [-0.25, -0.2) is 19.3 Å². The molecule has 3 aromatic rings. The van der Waals surface area contributed by atoms with Crippen molar-refractivity contribution in [2.45, 2.75) is 33.3 Å². The van der Waals surface area contributed by atoms with E-state index in [4.69, 9.17) is 10.00 Å². The van der Waals surface area contributed by atoms with E-state index < -0.39 is 5.60 Å². The van der Waals surface area contributed by atoms with Crippen LogP contribution in [0.15, 0.2) is 47.4 Å². The Balaban J connectivity index is 1.39. The normalized spacial score (nSPS) is 13.7. The fourth-order valence-electron chi connectivity index (χ4n) is 3.97. The summed E-state index contributed by atoms with van der Waals surface area (Å²) >= 11 is 0. The fourth-order valence-corrected chi connectivity index (χ4v) is 3.97. The third-order valence-electron chi connectivity index (χ3n) is 5.82. The molecule has 0 atom stereocenters. The van der Waals surface area contributed by atoms with Gasteiger partial charge in [-0.15, -0.1) is 0 Å². The standard InChI is InChI=1S/C26H29N7O4/c1-17-22(19-7-5-18(15-27)6-8-19)23(34)33(30-17)21-10-9-20(16-28-21)29-24(35)31-11-13-32(14-12-31)25(36)37-26(2,3)4/h5-10,16,30H,11-14H2,1-4H3,(H,29,35). The zero-order valence-corrected chi connectivity index (χ0v) is 21.2. The highest BCUT2D eigenvalue weighted by Crippen LogP contribution is 2.20. The number of nitrogens with zero attached hydrogens (tertiary/aromatic N) is 5. The van der Waals surface area contributed by atoms with Crippen molar-refractivity contribution in [1.82, 2.24) is 24.6 Å². The lowest BCUT2D eigenvalue weighted by Gasteiger charge is -2.35. The molecule has 0 saturated carbocycles. The quantitative estimate of drug-likeness (QED) is 0.561. The number of piperazine rings is 1. The van der Waals surface area contributed by atoms with Crippen LogP contribution in [-0.4, -0.2) is 68.5 Å². The average molecular weight is 504 g/mol. The second kappa shape index (κ2) is 10.2. The second-order valence-electron chi connectivity index (χ2n) is 9.73. The topological polar surface area (TPSA) is 136 Å². The smallest absolute Gasteiger partial charge is 0.410 e. The monoisotopic (exact) mass is 503 g/mol. The van der Waals surface area contributed by atoms with Gasteiger partial charge >= 0.3 is 12.1 Å². The summed E-state index contributed by atoms with van der Waals surface area (Å²) in [5.41, 5.74) is 2.02. The number of anilines is 1. The van der Waals surface area contributed by atoms with E-state index in [-0.39, 0.29) is 17.7 Å². The number of benzene rings is 1. The molecule has 1 saturated heterocycles. The number of nitrogens with one attached hydrogen (secondary N) is 2. The molecule has 0 bridgehead atoms. The number of hydrogen-bond donors (Lipinski definition) is 2. The van der Waals surface area contributed by atoms with E-state index in [1.807, 2.05) is 20.8 Å². The molecule has 1 aromatic carbocycles. The molecule has 11 nitrogen and oxygen atoms in total. The molecule has 0 radical (unpaired) electrons. The van der Waals surface area contributed by atoms with Crippen molar-refractivity contribution < 1.29 is 14.3 Å². The van der Waals surface area contributed by atoms with Crippen molar-refractivity contribution in [2.75, 3.05) is 31.5 Å². The molecule has 3 amide bonds. The van der Waals surface area contributed by atoms with Gasteiger partial charge in [-0.1, -0.05) is 12.1 Å². The van der Waals surface area contributed by atoms with E-state index in [2.05, 4.69) is 21.5 Å². The van der Waals surface area contributed by atoms with Gasteiger partial charge < -0.3 is 19.9 Å². The van der Waals surface area contributed by atoms with Crippen molar-refractivity contribution in [2.24, 2.45) is 0 Å². The van der Waals surface area contributed by atoms with Gasteiger partial charge in [-0.2, -0.15) is 5.26 Å². The number of ether oxygens (including phenoxy) is 1. The van der Waals surface area contributed by atoms with Crippen LogP contribution in [-0.2, 0) is 4.74 Å². The van der Waals surface area contributed by atoms with E-state index in [0.717, 1.165) is 0 Å². The first-order valence-electron chi connectivity index (χ1n) is 11.9. The minimum Gasteiger partial charge on any atom is -0.444 e. The number of aryl methyl sites for hydroxylation is 1. The summed E-state index contributed by atoms with van der Waals surface area (Å²) in [4.78, 5) is 45.6. The van der Waals surface area contributed by atoms with E-state index in [1.165, 1.54) is 10.9 Å². The summed E-state index contributed by atoms with van der Waals surface area (Å²) in [5, 5.41) is 14.8. The van der Waals surface area contributed by atoms with Crippen molar-refractivity contribution in [3.63, 3.8) is 0 Å². The summed E-state index contributed by atoms with van der Waals surface area (Å²) < 4.78 is 6.73. The SMILES string of the molecule is Cc1[nH]n(-c2ccc(NC(=O)N3CCN(C(=O)OC(C)(C)C)CC3)cn2)c(=O)c1-c1ccc(C#N)cc1. The summed E-state index contributed by atoms with van der Waals surface area (Å²) in [5.74, 6) is 0.372. The minimum absolute atomic E-state index is 0.269. The molecule has 0 unspecified atom stereocenters. The minimum atomic E-state index is -0.570. The van der Waals surface area contributed by atoms with Crippen LogP contribution in [0.1, 0.15) is 32.0 Å². The van der Waals surface area contributed by atoms with Crippen LogP contribution in [0, 0.1) is 18.3 Å². The first kappa shape index (κ1) is 25.5. The van der Waals surface area contributed by atoms with Crippen molar-refractivity contribution >= 4 is 17.8 Å². The van der Waals surface area contributed by atoms with Crippen LogP contribution < -0.4 is 10.9 Å². The number of urea groups is 1. The summed E-state index contributed by atoms with van der Waals surface area (Å²) in [7, 11) is 0. The maximum atomic E-state index is 13.1. The van der Waals surface area contributed by atoms with Crippen LogP contribution in [0.3, 0.4) is 0 Å². The third-order valence-corrected chi connectivity index (χ3v) is 5.82. The number of carbonyl (C=O) groups is 2. The molecule has 37 heavy (non-hydrogen) atoms. The van der Waals surface area contributed by atoms with Crippen LogP contribution >= 0.6 is 0 Å². The molecule has 11 heteroatoms. The lowest BCUT2D eigenvalue weighted by molar-refractivity contribution is 0.0174. The van der Waals surface area contributed by atoms with Crippen molar-refractivity contribution in [3.8, 4) is 23.0 Å². The number of aromatic amines is 1. The van der Waals surface area contributed by atoms with Crippen LogP contribution in [0.4, 0.5) is 15.3 Å². The van der Waals surface area contributed by atoms with Crippen molar-refractivity contribution in [3.05, 3.63) is 64.2 Å². The Kier molecular flexibility index (Phi) is 7.02. The molecule has 1 aliphatic heterocycles. The van der Waals surface area contributed by atoms with Gasteiger partial charge in [0.15, 0.2) is 5.82 Å². The Labute approximate surface area is 214 Å². The predicted octanol–water partition coefficient (Wildman–Crippen LogP) is 3.49. The lowest BCUT2D eigenvalue weighted by atomic mass is 10.1. The highest BCUT2D eigenvalue weighted by Gasteiger charge is 2.27. The van der Waals surface area contributed by atoms with Gasteiger partial charge in [-0.05, 0) is 57.5 Å². The average Bonchev–Trinajstić information content (AvgIpc) is 3.17. The number of aromatic nitrogens is 3. The first-order valence-corrected chi connectivity index (χ1v) is 11.9. The van der Waals surface area contributed by atoms with Crippen LogP contribution in [0.25, 0.3) is 16.9 Å². The molecule has 0 spiro atoms. The van der Waals surface area contributed by atoms with Gasteiger partial charge in [-0.3, -0.25) is 9.89 Å². The molecule has 2 aromatic heterocycles. The van der Waals surface area contributed by atoms with Gasteiger partial charge in [0.2, 0.25) is 0 Å². The van der Waals surface area contributed by atoms with E-state index in [0.29, 0.717) is 60.1 Å². The molecule has 2 N–H and O–H groups in total. The van der Waals surface area contributed by atoms with Crippen LogP contribution in [0.2, 0.25) is 0 Å². The molecular weight excluding hydrogens is 474 g/mol. The number of rotatable bonds is 3. The number of pyridine rings is 1. The maximum Gasteiger partial charge on any atom is 0.410 e. The van der Waals surface area contributed by atoms with E-state index in [9.17, 15) is 14.4 Å². The summed E-state index contributed by atoms with van der Waals surface area (Å²) in [6.45, 7) is 8.77. The maximum absolute atomic E-state index is 13.1. The Morgan fingerprint density at radius 2 is 1.70 bits per heavy atom. The van der Waals surface area contributed by atoms with E-state index in [1.54, 1.807) is 53.1 Å². The molecule has 1 fully saturated rings. The lowest BCUT2D eigenvalue weighted by Crippen LogP contribution is -2.52. The number of H-pyrrole nitrogens is 1. The fraction of sp³-hybridized carbons (Fsp3) is 0.346. The molecule has 3 heterocycles. The summed E-state index contributed by atoms with van der Waals surface area (Å²) in [6.07, 6.45) is 1.10. The zero-order valence-electron chi connectivity index (χ0n) is 21.2. The van der Waals surface area contributed by atoms with Gasteiger partial charge in [0.1, 0.15) is 5.60 Å². The van der Waals surface area contributed by atoms with Crippen molar-refractivity contribution in [1.29, 1.82) is 5.26 Å². The highest BCUT2D eigenvalue weighted by molar-refractivity contribution is 5.89. The van der Waals surface area contributed by atoms with Gasteiger partial charge in [0, 0.05) is 31.9 Å². The van der Waals surface area contributed by atoms with E-state index >= 15 is 0 Å². The Bertz CT molecular complexity index is 1390. The number of amides is 3. The summed E-state index contributed by atoms with van der Waals surface area (Å²) in [6, 6.07) is 11.9. The molecule has 4 rings (SSSR count). The molecule has 192 valence electrons. The number of carbonyl (C=O) groups excluding carboxylic acids is 2. The largest absolute Gasteiger partial charge is 0.444 e. The second-order valence-corrected chi connectivity index (χ2v) is 9.73. The number of hydrogen-bond acceptors (Lipinski definition) is 6. The number of nitriles is 1. The van der Waals surface area contributed by atoms with Crippen LogP contribution in [0.5, 0.6) is 0 Å².